The van der Waals surface area contributed by atoms with Gasteiger partial charge in [-0.3, -0.25) is 0 Å². The van der Waals surface area contributed by atoms with Crippen molar-refractivity contribution in [1.29, 1.82) is 0 Å². The molecule has 0 saturated heterocycles. The van der Waals surface area contributed by atoms with Crippen molar-refractivity contribution < 1.29 is 5.11 Å². The van der Waals surface area contributed by atoms with Crippen LogP contribution in [0.2, 0.25) is 0 Å². The van der Waals surface area contributed by atoms with E-state index in [4.69, 9.17) is 0 Å². The highest BCUT2D eigenvalue weighted by Crippen LogP contribution is 2.23. The maximum atomic E-state index is 10.1. The zero-order valence-electron chi connectivity index (χ0n) is 14.4. The first-order valence-electron chi connectivity index (χ1n) is 8.24. The van der Waals surface area contributed by atoms with Crippen LogP contribution in [-0.2, 0) is 0 Å². The second kappa shape index (κ2) is 9.04. The summed E-state index contributed by atoms with van der Waals surface area (Å²) in [4.78, 5) is 0. The van der Waals surface area contributed by atoms with Gasteiger partial charge in [0.1, 0.15) is 0 Å². The zero-order chi connectivity index (χ0) is 15.8. The molecule has 118 valence electrons. The van der Waals surface area contributed by atoms with Gasteiger partial charge in [0.15, 0.2) is 0 Å². The van der Waals surface area contributed by atoms with E-state index >= 15 is 0 Å². The minimum atomic E-state index is -0.345. The average molecular weight is 288 g/mol. The number of hydrogen-bond acceptors (Lipinski definition) is 1. The zero-order valence-corrected chi connectivity index (χ0v) is 14.4. The lowest BCUT2D eigenvalue weighted by Crippen LogP contribution is -2.07. The van der Waals surface area contributed by atoms with Gasteiger partial charge in [-0.1, -0.05) is 60.9 Å². The molecule has 0 fully saturated rings. The van der Waals surface area contributed by atoms with Gasteiger partial charge in [-0.15, -0.1) is 0 Å². The molecule has 1 aliphatic carbocycles. The van der Waals surface area contributed by atoms with Crippen LogP contribution in [0.15, 0.2) is 47.1 Å². The molecule has 0 unspecified atom stereocenters. The first kappa shape index (κ1) is 18.0. The molecular weight excluding hydrogens is 256 g/mol. The van der Waals surface area contributed by atoms with Gasteiger partial charge < -0.3 is 5.11 Å². The lowest BCUT2D eigenvalue weighted by atomic mass is 9.88. The molecule has 21 heavy (non-hydrogen) atoms. The Labute approximate surface area is 131 Å². The largest absolute Gasteiger partial charge is 0.389 e. The quantitative estimate of drug-likeness (QED) is 0.624. The smallest absolute Gasteiger partial charge is 0.0760 e. The molecular formula is C20H32O. The summed E-state index contributed by atoms with van der Waals surface area (Å²) in [6, 6.07) is 0. The van der Waals surface area contributed by atoms with Gasteiger partial charge in [0, 0.05) is 0 Å². The monoisotopic (exact) mass is 288 g/mol. The van der Waals surface area contributed by atoms with Crippen LogP contribution in [0.1, 0.15) is 60.3 Å². The maximum absolute atomic E-state index is 10.1. The average Bonchev–Trinajstić information content (AvgIpc) is 2.36. The number of hydrogen-bond donors (Lipinski definition) is 1. The molecule has 1 N–H and O–H groups in total. The Bertz CT molecular complexity index is 435. The van der Waals surface area contributed by atoms with E-state index in [1.807, 2.05) is 6.08 Å². The van der Waals surface area contributed by atoms with Crippen molar-refractivity contribution >= 4 is 0 Å². The molecule has 1 aliphatic rings. The molecule has 0 bridgehead atoms. The van der Waals surface area contributed by atoms with Crippen LogP contribution in [0, 0.1) is 11.8 Å². The van der Waals surface area contributed by atoms with E-state index in [0.717, 1.165) is 25.7 Å². The number of rotatable bonds is 1. The summed E-state index contributed by atoms with van der Waals surface area (Å²) in [6.45, 7) is 11.0. The highest BCUT2D eigenvalue weighted by Gasteiger charge is 2.11. The van der Waals surface area contributed by atoms with Crippen molar-refractivity contribution in [3.8, 4) is 0 Å². The lowest BCUT2D eigenvalue weighted by Gasteiger charge is -2.18. The van der Waals surface area contributed by atoms with Crippen molar-refractivity contribution in [3.63, 3.8) is 0 Å². The maximum Gasteiger partial charge on any atom is 0.0760 e. The number of aliphatic hydroxyl groups is 1. The minimum Gasteiger partial charge on any atom is -0.389 e. The van der Waals surface area contributed by atoms with E-state index in [9.17, 15) is 5.11 Å². The summed E-state index contributed by atoms with van der Waals surface area (Å²) in [5.74, 6) is 1.26. The molecule has 0 aromatic heterocycles. The summed E-state index contributed by atoms with van der Waals surface area (Å²) >= 11 is 0. The van der Waals surface area contributed by atoms with E-state index in [1.165, 1.54) is 16.7 Å². The van der Waals surface area contributed by atoms with E-state index in [-0.39, 0.29) is 6.10 Å². The van der Waals surface area contributed by atoms with E-state index in [1.54, 1.807) is 0 Å². The van der Waals surface area contributed by atoms with Crippen LogP contribution in [-0.4, -0.2) is 11.2 Å². The van der Waals surface area contributed by atoms with Gasteiger partial charge in [-0.05, 0) is 58.3 Å². The van der Waals surface area contributed by atoms with Gasteiger partial charge in [0.25, 0.3) is 0 Å². The Hall–Kier alpha value is -1.08. The second-order valence-corrected chi connectivity index (χ2v) is 6.82. The van der Waals surface area contributed by atoms with Gasteiger partial charge in [-0.25, -0.2) is 0 Å². The predicted molar refractivity (Wildman–Crippen MR) is 93.2 cm³/mol. The van der Waals surface area contributed by atoms with Crippen LogP contribution < -0.4 is 0 Å². The fourth-order valence-electron chi connectivity index (χ4n) is 2.72. The van der Waals surface area contributed by atoms with Crippen molar-refractivity contribution in [3.05, 3.63) is 47.1 Å². The fourth-order valence-corrected chi connectivity index (χ4v) is 2.72. The third kappa shape index (κ3) is 7.47. The summed E-state index contributed by atoms with van der Waals surface area (Å²) in [5, 5.41) is 10.1. The predicted octanol–water partition coefficient (Wildman–Crippen LogP) is 5.59. The normalized spacial score (nSPS) is 34.9. The standard InChI is InChI=1S/C20H32O/c1-15(2)19-11-9-16(3)7-6-8-17(4)13-20(21)14-18(5)10-12-19/h7-9,11,14-15,19-21H,6,10,12-13H2,1-5H3/b11-9+,16-7+,17-8+,18-14+/t19-,20+/m0/s1. The molecule has 2 atom stereocenters. The highest BCUT2D eigenvalue weighted by atomic mass is 16.3. The minimum absolute atomic E-state index is 0.345. The van der Waals surface area contributed by atoms with Crippen LogP contribution in [0.3, 0.4) is 0 Å². The fraction of sp³-hybridized carbons (Fsp3) is 0.600. The van der Waals surface area contributed by atoms with Crippen molar-refractivity contribution in [1.82, 2.24) is 0 Å². The summed E-state index contributed by atoms with van der Waals surface area (Å²) in [6.07, 6.45) is 14.7. The summed E-state index contributed by atoms with van der Waals surface area (Å²) in [7, 11) is 0. The molecule has 1 heteroatoms. The van der Waals surface area contributed by atoms with Gasteiger partial charge in [-0.2, -0.15) is 0 Å². The Morgan fingerprint density at radius 1 is 1.10 bits per heavy atom. The SMILES string of the molecule is CC1=C\C/C=C(\C)C[C@@H](O)/C=C(\C)CC[C@@H](C(C)C)\C=C\1. The Morgan fingerprint density at radius 2 is 1.81 bits per heavy atom. The van der Waals surface area contributed by atoms with Gasteiger partial charge in [0.2, 0.25) is 0 Å². The lowest BCUT2D eigenvalue weighted by molar-refractivity contribution is 0.222. The molecule has 0 amide bonds. The van der Waals surface area contributed by atoms with Gasteiger partial charge >= 0.3 is 0 Å². The molecule has 1 nitrogen and oxygen atoms in total. The van der Waals surface area contributed by atoms with E-state index in [2.05, 4.69) is 58.9 Å². The van der Waals surface area contributed by atoms with Crippen LogP contribution in [0.5, 0.6) is 0 Å². The summed E-state index contributed by atoms with van der Waals surface area (Å²) in [5.41, 5.74) is 3.89. The number of aliphatic hydroxyl groups excluding tert-OH is 1. The number of allylic oxidation sites excluding steroid dienone is 6. The molecule has 0 radical (unpaired) electrons. The van der Waals surface area contributed by atoms with Crippen molar-refractivity contribution in [2.45, 2.75) is 66.4 Å². The van der Waals surface area contributed by atoms with Crippen molar-refractivity contribution in [2.24, 2.45) is 11.8 Å². The molecule has 0 saturated carbocycles. The third-order valence-corrected chi connectivity index (χ3v) is 4.25. The van der Waals surface area contributed by atoms with Gasteiger partial charge in [0.05, 0.1) is 6.10 Å². The third-order valence-electron chi connectivity index (χ3n) is 4.25. The molecule has 0 aromatic carbocycles. The molecule has 0 spiro atoms. The van der Waals surface area contributed by atoms with Crippen molar-refractivity contribution in [2.75, 3.05) is 0 Å². The Morgan fingerprint density at radius 3 is 2.48 bits per heavy atom. The van der Waals surface area contributed by atoms with E-state index < -0.39 is 0 Å². The highest BCUT2D eigenvalue weighted by molar-refractivity contribution is 5.19. The Kier molecular flexibility index (Phi) is 7.74. The molecule has 1 rings (SSSR count). The first-order valence-corrected chi connectivity index (χ1v) is 8.24. The topological polar surface area (TPSA) is 20.2 Å². The molecule has 0 aliphatic heterocycles. The summed E-state index contributed by atoms with van der Waals surface area (Å²) < 4.78 is 0. The second-order valence-electron chi connectivity index (χ2n) is 6.82. The Balaban J connectivity index is 2.94. The van der Waals surface area contributed by atoms with Crippen LogP contribution >= 0.6 is 0 Å². The molecule has 0 heterocycles. The van der Waals surface area contributed by atoms with E-state index in [0.29, 0.717) is 11.8 Å². The van der Waals surface area contributed by atoms with Crippen LogP contribution in [0.4, 0.5) is 0 Å². The molecule has 0 aromatic rings. The van der Waals surface area contributed by atoms with Crippen LogP contribution in [0.25, 0.3) is 0 Å². The first-order chi connectivity index (χ1) is 9.88.